The zero-order valence-corrected chi connectivity index (χ0v) is 11.4. The maximum absolute atomic E-state index is 11.8. The molecule has 1 amide bonds. The van der Waals surface area contributed by atoms with Crippen LogP contribution in [0.25, 0.3) is 0 Å². The fraction of sp³-hybridized carbons (Fsp3) is 0.818. The van der Waals surface area contributed by atoms with Gasteiger partial charge < -0.3 is 16.2 Å². The summed E-state index contributed by atoms with van der Waals surface area (Å²) in [5.74, 6) is -0.782. The summed E-state index contributed by atoms with van der Waals surface area (Å²) in [5, 5.41) is 11.5. The standard InChI is InChI=1S/C11H22N2O3S/c1-7(2)8(6-12)10(14)13-9(11(15)16)4-5-17-3/h7-9H,4-6,12H2,1-3H3,(H,13,14)(H,15,16)/t8?,9-/m0/s1. The normalized spacial score (nSPS) is 14.4. The van der Waals surface area contributed by atoms with Gasteiger partial charge in [-0.2, -0.15) is 11.8 Å². The van der Waals surface area contributed by atoms with Gasteiger partial charge in [0.05, 0.1) is 5.92 Å². The highest BCUT2D eigenvalue weighted by atomic mass is 32.2. The molecule has 0 radical (unpaired) electrons. The third-order valence-electron chi connectivity index (χ3n) is 2.62. The van der Waals surface area contributed by atoms with E-state index >= 15 is 0 Å². The van der Waals surface area contributed by atoms with Gasteiger partial charge in [-0.3, -0.25) is 4.79 Å². The summed E-state index contributed by atoms with van der Waals surface area (Å²) < 4.78 is 0. The number of amides is 1. The second-order valence-electron chi connectivity index (χ2n) is 4.27. The SMILES string of the molecule is CSCC[C@H](NC(=O)C(CN)C(C)C)C(=O)O. The topological polar surface area (TPSA) is 92.4 Å². The summed E-state index contributed by atoms with van der Waals surface area (Å²) >= 11 is 1.56. The quantitative estimate of drug-likeness (QED) is 0.594. The first-order chi connectivity index (χ1) is 7.93. The van der Waals surface area contributed by atoms with E-state index < -0.39 is 12.0 Å². The molecule has 2 atom stereocenters. The second kappa shape index (κ2) is 8.36. The van der Waals surface area contributed by atoms with Crippen molar-refractivity contribution in [3.63, 3.8) is 0 Å². The molecule has 0 aromatic rings. The van der Waals surface area contributed by atoms with E-state index in [1.807, 2.05) is 20.1 Å². The molecule has 0 spiro atoms. The Bertz CT molecular complexity index is 259. The molecule has 0 aromatic carbocycles. The summed E-state index contributed by atoms with van der Waals surface area (Å²) in [6, 6.07) is -0.817. The molecule has 0 aliphatic heterocycles. The highest BCUT2D eigenvalue weighted by Crippen LogP contribution is 2.10. The monoisotopic (exact) mass is 262 g/mol. The molecule has 100 valence electrons. The zero-order chi connectivity index (χ0) is 13.4. The molecule has 5 nitrogen and oxygen atoms in total. The van der Waals surface area contributed by atoms with Crippen LogP contribution in [-0.4, -0.2) is 41.6 Å². The molecule has 6 heteroatoms. The number of carbonyl (C=O) groups is 2. The summed E-state index contributed by atoms with van der Waals surface area (Å²) in [6.07, 6.45) is 2.33. The number of hydrogen-bond acceptors (Lipinski definition) is 4. The van der Waals surface area contributed by atoms with Gasteiger partial charge in [-0.1, -0.05) is 13.8 Å². The lowest BCUT2D eigenvalue weighted by Gasteiger charge is -2.21. The van der Waals surface area contributed by atoms with Crippen LogP contribution in [0.5, 0.6) is 0 Å². The summed E-state index contributed by atoms with van der Waals surface area (Å²) in [6.45, 7) is 4.03. The van der Waals surface area contributed by atoms with Gasteiger partial charge in [0.2, 0.25) is 5.91 Å². The van der Waals surface area contributed by atoms with Crippen LogP contribution in [0.1, 0.15) is 20.3 Å². The zero-order valence-electron chi connectivity index (χ0n) is 10.6. The molecular weight excluding hydrogens is 240 g/mol. The minimum atomic E-state index is -0.994. The predicted molar refractivity (Wildman–Crippen MR) is 69.9 cm³/mol. The minimum absolute atomic E-state index is 0.106. The average Bonchev–Trinajstić information content (AvgIpc) is 2.24. The van der Waals surface area contributed by atoms with Crippen LogP contribution in [0.3, 0.4) is 0 Å². The Kier molecular flexibility index (Phi) is 7.99. The maximum atomic E-state index is 11.8. The minimum Gasteiger partial charge on any atom is -0.480 e. The molecule has 4 N–H and O–H groups in total. The fourth-order valence-electron chi connectivity index (χ4n) is 1.45. The molecule has 0 bridgehead atoms. The van der Waals surface area contributed by atoms with Gasteiger partial charge in [0.25, 0.3) is 0 Å². The van der Waals surface area contributed by atoms with E-state index in [1.165, 1.54) is 0 Å². The first-order valence-corrected chi connectivity index (χ1v) is 7.05. The molecule has 0 fully saturated rings. The largest absolute Gasteiger partial charge is 0.480 e. The number of carboxylic acids is 1. The van der Waals surface area contributed by atoms with Gasteiger partial charge in [-0.05, 0) is 24.3 Å². The number of rotatable bonds is 8. The first kappa shape index (κ1) is 16.2. The van der Waals surface area contributed by atoms with Crippen LogP contribution in [0, 0.1) is 11.8 Å². The van der Waals surface area contributed by atoms with E-state index in [0.29, 0.717) is 12.2 Å². The van der Waals surface area contributed by atoms with Crippen LogP contribution in [0.2, 0.25) is 0 Å². The number of nitrogens with one attached hydrogen (secondary N) is 1. The molecule has 0 rings (SSSR count). The number of nitrogens with two attached hydrogens (primary N) is 1. The van der Waals surface area contributed by atoms with Crippen LogP contribution < -0.4 is 11.1 Å². The van der Waals surface area contributed by atoms with Gasteiger partial charge in [-0.15, -0.1) is 0 Å². The second-order valence-corrected chi connectivity index (χ2v) is 5.25. The molecular formula is C11H22N2O3S. The van der Waals surface area contributed by atoms with Crippen LogP contribution >= 0.6 is 11.8 Å². The highest BCUT2D eigenvalue weighted by Gasteiger charge is 2.25. The lowest BCUT2D eigenvalue weighted by Crippen LogP contribution is -2.46. The fourth-order valence-corrected chi connectivity index (χ4v) is 1.93. The van der Waals surface area contributed by atoms with Crippen molar-refractivity contribution >= 4 is 23.6 Å². The number of hydrogen-bond donors (Lipinski definition) is 3. The van der Waals surface area contributed by atoms with E-state index in [-0.39, 0.29) is 24.3 Å². The van der Waals surface area contributed by atoms with Crippen LogP contribution in [0.4, 0.5) is 0 Å². The van der Waals surface area contributed by atoms with Crippen molar-refractivity contribution in [2.45, 2.75) is 26.3 Å². The molecule has 0 heterocycles. The maximum Gasteiger partial charge on any atom is 0.326 e. The lowest BCUT2D eigenvalue weighted by atomic mass is 9.94. The van der Waals surface area contributed by atoms with Crippen molar-refractivity contribution in [2.75, 3.05) is 18.6 Å². The molecule has 1 unspecified atom stereocenters. The number of carbonyl (C=O) groups excluding carboxylic acids is 1. The molecule has 0 aromatic heterocycles. The van der Waals surface area contributed by atoms with E-state index in [0.717, 1.165) is 0 Å². The van der Waals surface area contributed by atoms with Crippen LogP contribution in [0.15, 0.2) is 0 Å². The summed E-state index contributed by atoms with van der Waals surface area (Å²) in [7, 11) is 0. The van der Waals surface area contributed by atoms with E-state index in [9.17, 15) is 9.59 Å². The Morgan fingerprint density at radius 1 is 1.41 bits per heavy atom. The smallest absolute Gasteiger partial charge is 0.326 e. The first-order valence-electron chi connectivity index (χ1n) is 5.66. The van der Waals surface area contributed by atoms with Crippen molar-refractivity contribution in [1.29, 1.82) is 0 Å². The highest BCUT2D eigenvalue weighted by molar-refractivity contribution is 7.98. The van der Waals surface area contributed by atoms with Gasteiger partial charge in [0.1, 0.15) is 6.04 Å². The lowest BCUT2D eigenvalue weighted by molar-refractivity contribution is -0.142. The predicted octanol–water partition coefficient (Wildman–Crippen LogP) is 0.540. The Morgan fingerprint density at radius 2 is 2.00 bits per heavy atom. The van der Waals surface area contributed by atoms with Gasteiger partial charge in [0.15, 0.2) is 0 Å². The third-order valence-corrected chi connectivity index (χ3v) is 3.26. The molecule has 0 saturated carbocycles. The van der Waals surface area contributed by atoms with Gasteiger partial charge in [-0.25, -0.2) is 4.79 Å². The Morgan fingerprint density at radius 3 is 2.35 bits per heavy atom. The Balaban J connectivity index is 4.43. The Labute approximate surface area is 107 Å². The van der Waals surface area contributed by atoms with E-state index in [1.54, 1.807) is 11.8 Å². The number of thioether (sulfide) groups is 1. The van der Waals surface area contributed by atoms with Crippen molar-refractivity contribution in [3.05, 3.63) is 0 Å². The van der Waals surface area contributed by atoms with Gasteiger partial charge >= 0.3 is 5.97 Å². The molecule has 17 heavy (non-hydrogen) atoms. The molecule has 0 aliphatic rings. The van der Waals surface area contributed by atoms with Crippen molar-refractivity contribution in [2.24, 2.45) is 17.6 Å². The van der Waals surface area contributed by atoms with Crippen molar-refractivity contribution in [1.82, 2.24) is 5.32 Å². The average molecular weight is 262 g/mol. The van der Waals surface area contributed by atoms with E-state index in [2.05, 4.69) is 5.32 Å². The van der Waals surface area contributed by atoms with E-state index in [4.69, 9.17) is 10.8 Å². The third kappa shape index (κ3) is 5.93. The molecule has 0 aliphatic carbocycles. The summed E-state index contributed by atoms with van der Waals surface area (Å²) in [5.41, 5.74) is 5.51. The van der Waals surface area contributed by atoms with Gasteiger partial charge in [0, 0.05) is 6.54 Å². The molecule has 0 saturated heterocycles. The Hall–Kier alpha value is -0.750. The van der Waals surface area contributed by atoms with Crippen molar-refractivity contribution < 1.29 is 14.7 Å². The van der Waals surface area contributed by atoms with Crippen LogP contribution in [-0.2, 0) is 9.59 Å². The number of carboxylic acid groups (broad SMARTS) is 1. The number of aliphatic carboxylic acids is 1. The summed E-state index contributed by atoms with van der Waals surface area (Å²) in [4.78, 5) is 22.8. The van der Waals surface area contributed by atoms with Crippen molar-refractivity contribution in [3.8, 4) is 0 Å².